The molecule has 1 aromatic carbocycles. The van der Waals surface area contributed by atoms with Crippen molar-refractivity contribution in [1.82, 2.24) is 10.6 Å². The molecule has 0 saturated heterocycles. The maximum absolute atomic E-state index is 16.3. The van der Waals surface area contributed by atoms with Gasteiger partial charge in [0.15, 0.2) is 0 Å². The van der Waals surface area contributed by atoms with Gasteiger partial charge in [0.1, 0.15) is 12.6 Å². The topological polar surface area (TPSA) is 122 Å². The maximum atomic E-state index is 16.3. The number of carboxylic acid groups (broad SMARTS) is 1. The SMILES string of the molecule is CC(C)(C)S(F)(c1ccc(C(=O)NC(CN)C(=O)NCC(=O)O)cc1)C(C)(C)C. The fourth-order valence-corrected chi connectivity index (χ4v) is 6.94. The van der Waals surface area contributed by atoms with Crippen LogP contribution in [0, 0.1) is 0 Å². The Balaban J connectivity index is 3.04. The van der Waals surface area contributed by atoms with Crippen molar-refractivity contribution in [3.8, 4) is 0 Å². The zero-order valence-corrected chi connectivity index (χ0v) is 18.7. The van der Waals surface area contributed by atoms with Crippen LogP contribution in [0.3, 0.4) is 0 Å². The lowest BCUT2D eigenvalue weighted by Crippen LogP contribution is -2.51. The Labute approximate surface area is 173 Å². The van der Waals surface area contributed by atoms with Crippen molar-refractivity contribution in [2.45, 2.75) is 62.0 Å². The minimum absolute atomic E-state index is 0.193. The molecular weight excluding hydrogens is 397 g/mol. The molecule has 0 aliphatic rings. The molecule has 9 heteroatoms. The van der Waals surface area contributed by atoms with Crippen LogP contribution in [-0.4, -0.2) is 51.5 Å². The van der Waals surface area contributed by atoms with Gasteiger partial charge in [-0.05, 0) is 65.8 Å². The fourth-order valence-electron chi connectivity index (χ4n) is 3.18. The van der Waals surface area contributed by atoms with Crippen molar-refractivity contribution in [3.63, 3.8) is 0 Å². The zero-order valence-electron chi connectivity index (χ0n) is 17.8. The smallest absolute Gasteiger partial charge is 0.322 e. The monoisotopic (exact) mass is 429 g/mol. The first-order valence-electron chi connectivity index (χ1n) is 9.27. The summed E-state index contributed by atoms with van der Waals surface area (Å²) < 4.78 is 15.1. The molecule has 29 heavy (non-hydrogen) atoms. The Hall–Kier alpha value is -2.13. The fraction of sp³-hybridized carbons (Fsp3) is 0.550. The summed E-state index contributed by atoms with van der Waals surface area (Å²) in [5, 5.41) is 13.3. The molecule has 5 N–H and O–H groups in total. The van der Waals surface area contributed by atoms with Crippen LogP contribution in [0.1, 0.15) is 51.9 Å². The van der Waals surface area contributed by atoms with E-state index < -0.39 is 50.3 Å². The van der Waals surface area contributed by atoms with Gasteiger partial charge in [0.05, 0.1) is 0 Å². The van der Waals surface area contributed by atoms with Crippen LogP contribution in [-0.2, 0) is 9.59 Å². The number of hydrogen-bond acceptors (Lipinski definition) is 4. The van der Waals surface area contributed by atoms with Gasteiger partial charge >= 0.3 is 5.97 Å². The third kappa shape index (κ3) is 5.70. The second-order valence-corrected chi connectivity index (χ2v) is 12.7. The van der Waals surface area contributed by atoms with E-state index in [9.17, 15) is 14.4 Å². The van der Waals surface area contributed by atoms with Gasteiger partial charge in [-0.1, -0.05) is 10.4 Å². The molecule has 1 atom stereocenters. The van der Waals surface area contributed by atoms with E-state index in [4.69, 9.17) is 10.8 Å². The van der Waals surface area contributed by atoms with Crippen molar-refractivity contribution < 1.29 is 23.4 Å². The van der Waals surface area contributed by atoms with E-state index in [-0.39, 0.29) is 12.1 Å². The Kier molecular flexibility index (Phi) is 7.84. The summed E-state index contributed by atoms with van der Waals surface area (Å²) in [4.78, 5) is 35.5. The van der Waals surface area contributed by atoms with E-state index in [1.165, 1.54) is 12.1 Å². The van der Waals surface area contributed by atoms with E-state index in [1.54, 1.807) is 12.1 Å². The van der Waals surface area contributed by atoms with Gasteiger partial charge < -0.3 is 21.5 Å². The van der Waals surface area contributed by atoms with E-state index in [2.05, 4.69) is 10.6 Å². The highest BCUT2D eigenvalue weighted by Gasteiger charge is 2.48. The Morgan fingerprint density at radius 1 is 1.07 bits per heavy atom. The minimum Gasteiger partial charge on any atom is -0.480 e. The van der Waals surface area contributed by atoms with E-state index in [0.29, 0.717) is 4.90 Å². The molecule has 0 radical (unpaired) electrons. The van der Waals surface area contributed by atoms with Gasteiger partial charge in [0.25, 0.3) is 5.91 Å². The molecule has 0 aliphatic heterocycles. The number of carbonyl (C=O) groups excluding carboxylic acids is 2. The highest BCUT2D eigenvalue weighted by atomic mass is 32.3. The molecule has 0 spiro atoms. The van der Waals surface area contributed by atoms with Gasteiger partial charge in [0, 0.05) is 26.5 Å². The largest absolute Gasteiger partial charge is 0.480 e. The van der Waals surface area contributed by atoms with Crippen LogP contribution in [0.5, 0.6) is 0 Å². The van der Waals surface area contributed by atoms with Gasteiger partial charge in [-0.3, -0.25) is 14.4 Å². The Morgan fingerprint density at radius 2 is 1.55 bits per heavy atom. The average Bonchev–Trinajstić information content (AvgIpc) is 2.61. The molecule has 1 unspecified atom stereocenters. The molecule has 2 amide bonds. The number of amides is 2. The number of nitrogens with one attached hydrogen (secondary N) is 2. The predicted octanol–water partition coefficient (Wildman–Crippen LogP) is 2.59. The standard InChI is InChI=1S/C20H32FN3O4S/c1-19(2,3)29(21,20(4,5)6)14-9-7-13(8-10-14)17(27)24-15(11-22)18(28)23-12-16(25)26/h7-10,15H,11-12,22H2,1-6H3,(H,23,28)(H,24,27)(H,25,26). The number of halogens is 1. The second-order valence-electron chi connectivity index (χ2n) is 8.66. The number of carboxylic acids is 1. The van der Waals surface area contributed by atoms with E-state index in [0.717, 1.165) is 0 Å². The number of aliphatic carboxylic acids is 1. The zero-order chi connectivity index (χ0) is 22.6. The van der Waals surface area contributed by atoms with Gasteiger partial charge in [-0.2, -0.15) is 3.89 Å². The van der Waals surface area contributed by atoms with Crippen molar-refractivity contribution in [3.05, 3.63) is 29.8 Å². The first kappa shape index (κ1) is 24.9. The number of rotatable bonds is 7. The quantitative estimate of drug-likeness (QED) is 0.531. The molecular formula is C20H32FN3O4S. The third-order valence-corrected chi connectivity index (χ3v) is 8.70. The third-order valence-electron chi connectivity index (χ3n) is 4.40. The highest BCUT2D eigenvalue weighted by Crippen LogP contribution is 2.73. The molecule has 164 valence electrons. The Bertz CT molecular complexity index is 740. The molecule has 0 aromatic heterocycles. The normalized spacial score (nSPS) is 14.1. The van der Waals surface area contributed by atoms with Crippen LogP contribution in [0.25, 0.3) is 0 Å². The van der Waals surface area contributed by atoms with Crippen molar-refractivity contribution >= 4 is 28.2 Å². The van der Waals surface area contributed by atoms with Crippen molar-refractivity contribution in [2.24, 2.45) is 5.73 Å². The number of carbonyl (C=O) groups is 3. The summed E-state index contributed by atoms with van der Waals surface area (Å²) in [6.07, 6.45) is 0. The van der Waals surface area contributed by atoms with Crippen LogP contribution < -0.4 is 16.4 Å². The van der Waals surface area contributed by atoms with Gasteiger partial charge in [0.2, 0.25) is 5.91 Å². The molecule has 0 bridgehead atoms. The highest BCUT2D eigenvalue weighted by molar-refractivity contribution is 8.31. The van der Waals surface area contributed by atoms with Gasteiger partial charge in [-0.15, -0.1) is 0 Å². The first-order chi connectivity index (χ1) is 13.1. The molecule has 7 nitrogen and oxygen atoms in total. The van der Waals surface area contributed by atoms with Gasteiger partial charge in [-0.25, -0.2) is 0 Å². The maximum Gasteiger partial charge on any atom is 0.322 e. The number of hydrogen-bond donors (Lipinski definition) is 4. The lowest BCUT2D eigenvalue weighted by atomic mass is 10.2. The van der Waals surface area contributed by atoms with E-state index >= 15 is 3.89 Å². The van der Waals surface area contributed by atoms with E-state index in [1.807, 2.05) is 41.5 Å². The second kappa shape index (κ2) is 9.13. The predicted molar refractivity (Wildman–Crippen MR) is 114 cm³/mol. The summed E-state index contributed by atoms with van der Waals surface area (Å²) in [7, 11) is -2.72. The molecule has 1 aromatic rings. The lowest BCUT2D eigenvalue weighted by molar-refractivity contribution is -0.138. The average molecular weight is 430 g/mol. The van der Waals surface area contributed by atoms with Crippen LogP contribution >= 0.6 is 10.4 Å². The molecule has 0 saturated carbocycles. The lowest BCUT2D eigenvalue weighted by Gasteiger charge is -2.52. The molecule has 1 rings (SSSR count). The van der Waals surface area contributed by atoms with Crippen LogP contribution in [0.4, 0.5) is 3.89 Å². The molecule has 0 aliphatic carbocycles. The van der Waals surface area contributed by atoms with Crippen LogP contribution in [0.2, 0.25) is 0 Å². The minimum atomic E-state index is -2.72. The van der Waals surface area contributed by atoms with Crippen LogP contribution in [0.15, 0.2) is 29.2 Å². The summed E-state index contributed by atoms with van der Waals surface area (Å²) in [6.45, 7) is 10.5. The molecule has 0 fully saturated rings. The summed E-state index contributed by atoms with van der Waals surface area (Å²) in [6, 6.07) is 5.20. The summed E-state index contributed by atoms with van der Waals surface area (Å²) >= 11 is 0. The summed E-state index contributed by atoms with van der Waals surface area (Å²) in [5.41, 5.74) is 5.77. The first-order valence-corrected chi connectivity index (χ1v) is 10.8. The molecule has 0 heterocycles. The number of nitrogens with two attached hydrogens (primary N) is 1. The summed E-state index contributed by atoms with van der Waals surface area (Å²) in [5.74, 6) is -2.44. The number of benzene rings is 1. The Morgan fingerprint density at radius 3 is 1.93 bits per heavy atom. The van der Waals surface area contributed by atoms with Crippen molar-refractivity contribution in [2.75, 3.05) is 13.1 Å². The van der Waals surface area contributed by atoms with Crippen molar-refractivity contribution in [1.29, 1.82) is 0 Å².